The molecule has 0 N–H and O–H groups in total. The molecular weight excluding hydrogens is 206 g/mol. The van der Waals surface area contributed by atoms with Gasteiger partial charge < -0.3 is 9.64 Å². The van der Waals surface area contributed by atoms with Crippen LogP contribution in [0.15, 0.2) is 0 Å². The van der Waals surface area contributed by atoms with Crippen molar-refractivity contribution in [2.45, 2.75) is 32.6 Å². The van der Waals surface area contributed by atoms with Crippen LogP contribution in [0.25, 0.3) is 0 Å². The fourth-order valence-electron chi connectivity index (χ4n) is 2.86. The van der Waals surface area contributed by atoms with Crippen LogP contribution in [0.4, 0.5) is 0 Å². The van der Waals surface area contributed by atoms with Gasteiger partial charge in [0.15, 0.2) is 0 Å². The molecule has 16 heavy (non-hydrogen) atoms. The molecule has 2 fully saturated rings. The van der Waals surface area contributed by atoms with Crippen molar-refractivity contribution < 1.29 is 14.3 Å². The minimum atomic E-state index is -0.283. The summed E-state index contributed by atoms with van der Waals surface area (Å²) >= 11 is 0. The summed E-state index contributed by atoms with van der Waals surface area (Å²) in [6.45, 7) is 3.05. The van der Waals surface area contributed by atoms with Crippen LogP contribution in [-0.4, -0.2) is 36.5 Å². The van der Waals surface area contributed by atoms with Gasteiger partial charge in [-0.05, 0) is 25.7 Å². The molecular formula is C12H19NO3. The third-order valence-corrected chi connectivity index (χ3v) is 3.62. The normalized spacial score (nSPS) is 29.1. The summed E-state index contributed by atoms with van der Waals surface area (Å²) in [7, 11) is 0. The van der Waals surface area contributed by atoms with Crippen molar-refractivity contribution in [1.82, 2.24) is 4.90 Å². The average molecular weight is 225 g/mol. The van der Waals surface area contributed by atoms with E-state index in [1.54, 1.807) is 11.8 Å². The number of amides is 1. The van der Waals surface area contributed by atoms with Crippen LogP contribution < -0.4 is 0 Å². The largest absolute Gasteiger partial charge is 0.465 e. The minimum absolute atomic E-state index is 0.139. The molecule has 2 rings (SSSR count). The Kier molecular flexibility index (Phi) is 3.46. The second-order valence-corrected chi connectivity index (χ2v) is 4.67. The van der Waals surface area contributed by atoms with Crippen molar-refractivity contribution in [3.05, 3.63) is 0 Å². The van der Waals surface area contributed by atoms with Gasteiger partial charge in [-0.15, -0.1) is 0 Å². The molecule has 2 aliphatic rings. The molecule has 1 amide bonds. The number of fused-ring (bicyclic) bond motifs is 1. The second kappa shape index (κ2) is 4.85. The maximum atomic E-state index is 12.0. The van der Waals surface area contributed by atoms with Crippen molar-refractivity contribution >= 4 is 11.9 Å². The fourth-order valence-corrected chi connectivity index (χ4v) is 2.86. The number of ether oxygens (including phenoxy) is 1. The van der Waals surface area contributed by atoms with Crippen LogP contribution in [0.2, 0.25) is 0 Å². The standard InChI is InChI=1S/C12H19NO3/c1-2-16-11(14)8-13-7-9-5-3-4-6-10(9)12(13)15/h9-10H,2-8H2,1H3/t9-,10+/m0/s1. The summed E-state index contributed by atoms with van der Waals surface area (Å²) < 4.78 is 4.87. The summed E-state index contributed by atoms with van der Waals surface area (Å²) in [5, 5.41) is 0. The molecule has 0 aromatic carbocycles. The van der Waals surface area contributed by atoms with E-state index in [4.69, 9.17) is 4.74 Å². The number of hydrogen-bond donors (Lipinski definition) is 0. The molecule has 0 unspecified atom stereocenters. The lowest BCUT2D eigenvalue weighted by atomic mass is 9.81. The molecule has 4 heteroatoms. The van der Waals surface area contributed by atoms with Gasteiger partial charge in [-0.3, -0.25) is 9.59 Å². The first-order valence-electron chi connectivity index (χ1n) is 6.16. The Morgan fingerprint density at radius 3 is 2.88 bits per heavy atom. The summed E-state index contributed by atoms with van der Waals surface area (Å²) in [5.74, 6) is 0.547. The van der Waals surface area contributed by atoms with Crippen molar-refractivity contribution in [2.75, 3.05) is 19.7 Å². The zero-order valence-electron chi connectivity index (χ0n) is 9.78. The molecule has 1 heterocycles. The highest BCUT2D eigenvalue weighted by molar-refractivity contribution is 5.85. The van der Waals surface area contributed by atoms with Crippen LogP contribution in [0.1, 0.15) is 32.6 Å². The molecule has 90 valence electrons. The molecule has 1 saturated heterocycles. The predicted octanol–water partition coefficient (Wildman–Crippen LogP) is 1.20. The topological polar surface area (TPSA) is 46.6 Å². The molecule has 0 radical (unpaired) electrons. The minimum Gasteiger partial charge on any atom is -0.465 e. The van der Waals surface area contributed by atoms with Gasteiger partial charge >= 0.3 is 5.97 Å². The van der Waals surface area contributed by atoms with Gasteiger partial charge in [-0.25, -0.2) is 0 Å². The smallest absolute Gasteiger partial charge is 0.325 e. The van der Waals surface area contributed by atoms with E-state index in [0.29, 0.717) is 12.5 Å². The Balaban J connectivity index is 1.92. The van der Waals surface area contributed by atoms with Crippen molar-refractivity contribution in [3.8, 4) is 0 Å². The second-order valence-electron chi connectivity index (χ2n) is 4.67. The maximum Gasteiger partial charge on any atom is 0.325 e. The highest BCUT2D eigenvalue weighted by atomic mass is 16.5. The van der Waals surface area contributed by atoms with Crippen LogP contribution in [0, 0.1) is 11.8 Å². The van der Waals surface area contributed by atoms with E-state index in [9.17, 15) is 9.59 Å². The molecule has 0 aromatic heterocycles. The first kappa shape index (κ1) is 11.4. The van der Waals surface area contributed by atoms with Gasteiger partial charge in [0, 0.05) is 12.5 Å². The number of likely N-dealkylation sites (tertiary alicyclic amines) is 1. The lowest BCUT2D eigenvalue weighted by molar-refractivity contribution is -0.148. The van der Waals surface area contributed by atoms with Crippen LogP contribution in [0.5, 0.6) is 0 Å². The van der Waals surface area contributed by atoms with E-state index in [0.717, 1.165) is 25.8 Å². The van der Waals surface area contributed by atoms with Crippen LogP contribution in [0.3, 0.4) is 0 Å². The van der Waals surface area contributed by atoms with E-state index in [1.807, 2.05) is 0 Å². The third-order valence-electron chi connectivity index (χ3n) is 3.62. The van der Waals surface area contributed by atoms with Gasteiger partial charge in [-0.2, -0.15) is 0 Å². The molecule has 1 aliphatic heterocycles. The molecule has 0 bridgehead atoms. The molecule has 1 saturated carbocycles. The van der Waals surface area contributed by atoms with Crippen LogP contribution in [-0.2, 0) is 14.3 Å². The number of esters is 1. The third kappa shape index (κ3) is 2.20. The Bertz CT molecular complexity index is 290. The van der Waals surface area contributed by atoms with E-state index in [2.05, 4.69) is 0 Å². The number of nitrogens with zero attached hydrogens (tertiary/aromatic N) is 1. The van der Waals surface area contributed by atoms with Gasteiger partial charge in [0.1, 0.15) is 6.54 Å². The van der Waals surface area contributed by atoms with Gasteiger partial charge in [0.2, 0.25) is 5.91 Å². The van der Waals surface area contributed by atoms with Crippen molar-refractivity contribution in [3.63, 3.8) is 0 Å². The molecule has 1 aliphatic carbocycles. The lowest BCUT2D eigenvalue weighted by Gasteiger charge is -2.21. The summed E-state index contributed by atoms with van der Waals surface area (Å²) in [6.07, 6.45) is 4.51. The fraction of sp³-hybridized carbons (Fsp3) is 0.833. The monoisotopic (exact) mass is 225 g/mol. The highest BCUT2D eigenvalue weighted by Gasteiger charge is 2.41. The van der Waals surface area contributed by atoms with Gasteiger partial charge in [-0.1, -0.05) is 12.8 Å². The summed E-state index contributed by atoms with van der Waals surface area (Å²) in [5.41, 5.74) is 0. The van der Waals surface area contributed by atoms with Crippen molar-refractivity contribution in [1.29, 1.82) is 0 Å². The molecule has 0 spiro atoms. The first-order chi connectivity index (χ1) is 7.72. The van der Waals surface area contributed by atoms with Crippen LogP contribution >= 0.6 is 0 Å². The Labute approximate surface area is 95.9 Å². The predicted molar refractivity (Wildman–Crippen MR) is 58.7 cm³/mol. The van der Waals surface area contributed by atoms with E-state index in [-0.39, 0.29) is 24.3 Å². The zero-order chi connectivity index (χ0) is 11.5. The molecule has 4 nitrogen and oxygen atoms in total. The Hall–Kier alpha value is -1.06. The summed E-state index contributed by atoms with van der Waals surface area (Å²) in [4.78, 5) is 25.0. The maximum absolute atomic E-state index is 12.0. The highest BCUT2D eigenvalue weighted by Crippen LogP contribution is 2.36. The van der Waals surface area contributed by atoms with E-state index in [1.165, 1.54) is 6.42 Å². The lowest BCUT2D eigenvalue weighted by Crippen LogP contribution is -2.33. The SMILES string of the molecule is CCOC(=O)CN1C[C@@H]2CCCC[C@H]2C1=O. The Morgan fingerprint density at radius 1 is 1.44 bits per heavy atom. The number of carbonyl (C=O) groups is 2. The number of rotatable bonds is 3. The average Bonchev–Trinajstić information content (AvgIpc) is 2.57. The molecule has 0 aromatic rings. The summed E-state index contributed by atoms with van der Waals surface area (Å²) in [6, 6.07) is 0. The van der Waals surface area contributed by atoms with E-state index < -0.39 is 0 Å². The molecule has 2 atom stereocenters. The number of hydrogen-bond acceptors (Lipinski definition) is 3. The van der Waals surface area contributed by atoms with Gasteiger partial charge in [0.05, 0.1) is 6.61 Å². The first-order valence-corrected chi connectivity index (χ1v) is 6.16. The number of carbonyl (C=O) groups excluding carboxylic acids is 2. The quantitative estimate of drug-likeness (QED) is 0.678. The Morgan fingerprint density at radius 2 is 2.19 bits per heavy atom. The van der Waals surface area contributed by atoms with E-state index >= 15 is 0 Å². The zero-order valence-corrected chi connectivity index (χ0v) is 9.78. The van der Waals surface area contributed by atoms with Gasteiger partial charge in [0.25, 0.3) is 0 Å². The van der Waals surface area contributed by atoms with Crippen molar-refractivity contribution in [2.24, 2.45) is 11.8 Å².